The summed E-state index contributed by atoms with van der Waals surface area (Å²) in [5.41, 5.74) is 8.30. The molecule has 0 atom stereocenters. The van der Waals surface area contributed by atoms with Crippen molar-refractivity contribution in [3.05, 3.63) is 23.8 Å². The number of aryl methyl sites for hydroxylation is 1. The zero-order chi connectivity index (χ0) is 10.8. The molecule has 1 aliphatic rings. The molecule has 0 spiro atoms. The second-order valence-corrected chi connectivity index (χ2v) is 4.21. The Morgan fingerprint density at radius 3 is 2.73 bits per heavy atom. The Morgan fingerprint density at radius 1 is 1.47 bits per heavy atom. The lowest BCUT2D eigenvalue weighted by Crippen LogP contribution is -2.28. The van der Waals surface area contributed by atoms with Crippen molar-refractivity contribution in [3.8, 4) is 0 Å². The van der Waals surface area contributed by atoms with E-state index in [0.29, 0.717) is 5.69 Å². The van der Waals surface area contributed by atoms with Gasteiger partial charge in [-0.1, -0.05) is 12.5 Å². The highest BCUT2D eigenvalue weighted by molar-refractivity contribution is 5.95. The van der Waals surface area contributed by atoms with Gasteiger partial charge in [0.2, 0.25) is 5.91 Å². The molecule has 3 heteroatoms. The van der Waals surface area contributed by atoms with Crippen molar-refractivity contribution in [2.75, 3.05) is 11.1 Å². The summed E-state index contributed by atoms with van der Waals surface area (Å²) in [4.78, 5) is 11.7. The van der Waals surface area contributed by atoms with Crippen molar-refractivity contribution in [2.24, 2.45) is 5.92 Å². The number of rotatable bonds is 2. The fraction of sp³-hybridized carbons (Fsp3) is 0.417. The highest BCUT2D eigenvalue weighted by Gasteiger charge is 2.25. The molecular weight excluding hydrogens is 188 g/mol. The van der Waals surface area contributed by atoms with E-state index >= 15 is 0 Å². The second-order valence-electron chi connectivity index (χ2n) is 4.21. The lowest BCUT2D eigenvalue weighted by atomic mass is 9.85. The van der Waals surface area contributed by atoms with Crippen LogP contribution in [0.5, 0.6) is 0 Å². The van der Waals surface area contributed by atoms with Crippen LogP contribution in [-0.4, -0.2) is 5.91 Å². The number of nitrogens with one attached hydrogen (secondary N) is 1. The van der Waals surface area contributed by atoms with Crippen LogP contribution in [0.4, 0.5) is 11.4 Å². The van der Waals surface area contributed by atoms with Crippen LogP contribution in [0, 0.1) is 12.8 Å². The molecule has 0 aliphatic heterocycles. The number of benzene rings is 1. The van der Waals surface area contributed by atoms with Crippen molar-refractivity contribution >= 4 is 17.3 Å². The van der Waals surface area contributed by atoms with E-state index in [1.165, 1.54) is 6.42 Å². The van der Waals surface area contributed by atoms with E-state index in [0.717, 1.165) is 24.1 Å². The molecule has 0 heterocycles. The van der Waals surface area contributed by atoms with Crippen molar-refractivity contribution in [3.63, 3.8) is 0 Å². The van der Waals surface area contributed by atoms with E-state index in [1.807, 2.05) is 25.1 Å². The highest BCUT2D eigenvalue weighted by Crippen LogP contribution is 2.28. The molecule has 80 valence electrons. The average Bonchev–Trinajstić information content (AvgIpc) is 2.07. The molecule has 0 aromatic heterocycles. The number of carbonyl (C=O) groups excluding carboxylic acids is 1. The lowest BCUT2D eigenvalue weighted by Gasteiger charge is -2.24. The van der Waals surface area contributed by atoms with Crippen molar-refractivity contribution < 1.29 is 4.79 Å². The molecule has 1 fully saturated rings. The average molecular weight is 204 g/mol. The van der Waals surface area contributed by atoms with Crippen LogP contribution in [0.15, 0.2) is 18.2 Å². The monoisotopic (exact) mass is 204 g/mol. The molecule has 3 N–H and O–H groups in total. The van der Waals surface area contributed by atoms with Gasteiger partial charge in [-0.2, -0.15) is 0 Å². The van der Waals surface area contributed by atoms with E-state index in [2.05, 4.69) is 5.32 Å². The van der Waals surface area contributed by atoms with Crippen molar-refractivity contribution in [2.45, 2.75) is 26.2 Å². The Balaban J connectivity index is 2.06. The Kier molecular flexibility index (Phi) is 2.62. The van der Waals surface area contributed by atoms with Gasteiger partial charge in [0.25, 0.3) is 0 Å². The highest BCUT2D eigenvalue weighted by atomic mass is 16.1. The fourth-order valence-corrected chi connectivity index (χ4v) is 1.70. The Bertz CT molecular complexity index is 383. The first kappa shape index (κ1) is 10.0. The van der Waals surface area contributed by atoms with Crippen LogP contribution in [-0.2, 0) is 4.79 Å². The van der Waals surface area contributed by atoms with Gasteiger partial charge in [-0.25, -0.2) is 0 Å². The topological polar surface area (TPSA) is 55.1 Å². The number of carbonyl (C=O) groups is 1. The largest absolute Gasteiger partial charge is 0.397 e. The molecule has 0 saturated heterocycles. The van der Waals surface area contributed by atoms with Crippen LogP contribution in [0.25, 0.3) is 0 Å². The molecular formula is C12H16N2O. The predicted molar refractivity (Wildman–Crippen MR) is 61.6 cm³/mol. The summed E-state index contributed by atoms with van der Waals surface area (Å²) in [6, 6.07) is 5.68. The lowest BCUT2D eigenvalue weighted by molar-refractivity contribution is -0.122. The smallest absolute Gasteiger partial charge is 0.227 e. The van der Waals surface area contributed by atoms with Gasteiger partial charge >= 0.3 is 0 Å². The Labute approximate surface area is 89.7 Å². The van der Waals surface area contributed by atoms with E-state index in [4.69, 9.17) is 5.73 Å². The van der Waals surface area contributed by atoms with Crippen molar-refractivity contribution in [1.29, 1.82) is 0 Å². The van der Waals surface area contributed by atoms with E-state index in [9.17, 15) is 4.79 Å². The number of amides is 1. The second kappa shape index (κ2) is 3.93. The van der Waals surface area contributed by atoms with E-state index < -0.39 is 0 Å². The minimum atomic E-state index is 0.108. The molecule has 1 saturated carbocycles. The maximum absolute atomic E-state index is 11.7. The van der Waals surface area contributed by atoms with Crippen molar-refractivity contribution in [1.82, 2.24) is 0 Å². The fourth-order valence-electron chi connectivity index (χ4n) is 1.70. The molecule has 0 radical (unpaired) electrons. The van der Waals surface area contributed by atoms with Gasteiger partial charge in [0.05, 0.1) is 11.4 Å². The standard InChI is InChI=1S/C12H16N2O/c1-8-5-6-11(10(13)7-8)14-12(15)9-3-2-4-9/h5-7,9H,2-4,13H2,1H3,(H,14,15). The summed E-state index contributed by atoms with van der Waals surface area (Å²) in [7, 11) is 0. The van der Waals surface area contributed by atoms with E-state index in [1.54, 1.807) is 0 Å². The zero-order valence-electron chi connectivity index (χ0n) is 8.92. The van der Waals surface area contributed by atoms with Gasteiger partial charge in [-0.05, 0) is 37.5 Å². The van der Waals surface area contributed by atoms with Crippen LogP contribution in [0.2, 0.25) is 0 Å². The van der Waals surface area contributed by atoms with Gasteiger partial charge in [-0.15, -0.1) is 0 Å². The quantitative estimate of drug-likeness (QED) is 0.726. The third-order valence-electron chi connectivity index (χ3n) is 2.94. The summed E-state index contributed by atoms with van der Waals surface area (Å²) < 4.78 is 0. The summed E-state index contributed by atoms with van der Waals surface area (Å²) in [5, 5.41) is 2.88. The number of nitrogen functional groups attached to an aromatic ring is 1. The minimum Gasteiger partial charge on any atom is -0.397 e. The first-order valence-electron chi connectivity index (χ1n) is 5.34. The summed E-state index contributed by atoms with van der Waals surface area (Å²) in [5.74, 6) is 0.308. The van der Waals surface area contributed by atoms with Crippen LogP contribution < -0.4 is 11.1 Å². The predicted octanol–water partition coefficient (Wildman–Crippen LogP) is 2.32. The SMILES string of the molecule is Cc1ccc(NC(=O)C2CCC2)c(N)c1. The molecule has 0 bridgehead atoms. The van der Waals surface area contributed by atoms with Crippen LogP contribution in [0.3, 0.4) is 0 Å². The van der Waals surface area contributed by atoms with Gasteiger partial charge in [-0.3, -0.25) is 4.79 Å². The Hall–Kier alpha value is -1.51. The third kappa shape index (κ3) is 2.12. The maximum atomic E-state index is 11.7. The van der Waals surface area contributed by atoms with Gasteiger partial charge < -0.3 is 11.1 Å². The van der Waals surface area contributed by atoms with Crippen LogP contribution >= 0.6 is 0 Å². The number of hydrogen-bond acceptors (Lipinski definition) is 2. The first-order valence-corrected chi connectivity index (χ1v) is 5.34. The Morgan fingerprint density at radius 2 is 2.20 bits per heavy atom. The normalized spacial score (nSPS) is 15.8. The number of nitrogens with two attached hydrogens (primary N) is 1. The molecule has 1 amide bonds. The van der Waals surface area contributed by atoms with Gasteiger partial charge in [0.1, 0.15) is 0 Å². The molecule has 1 aromatic carbocycles. The summed E-state index contributed by atoms with van der Waals surface area (Å²) >= 11 is 0. The molecule has 15 heavy (non-hydrogen) atoms. The minimum absolute atomic E-state index is 0.108. The maximum Gasteiger partial charge on any atom is 0.227 e. The molecule has 1 aliphatic carbocycles. The van der Waals surface area contributed by atoms with Crippen LogP contribution in [0.1, 0.15) is 24.8 Å². The van der Waals surface area contributed by atoms with Gasteiger partial charge in [0, 0.05) is 5.92 Å². The molecule has 0 unspecified atom stereocenters. The zero-order valence-corrected chi connectivity index (χ0v) is 8.92. The first-order chi connectivity index (χ1) is 7.16. The summed E-state index contributed by atoms with van der Waals surface area (Å²) in [6.45, 7) is 1.98. The van der Waals surface area contributed by atoms with E-state index in [-0.39, 0.29) is 11.8 Å². The number of hydrogen-bond donors (Lipinski definition) is 2. The molecule has 1 aromatic rings. The van der Waals surface area contributed by atoms with Gasteiger partial charge in [0.15, 0.2) is 0 Å². The number of anilines is 2. The third-order valence-corrected chi connectivity index (χ3v) is 2.94. The molecule has 2 rings (SSSR count). The molecule has 3 nitrogen and oxygen atoms in total. The summed E-state index contributed by atoms with van der Waals surface area (Å²) in [6.07, 6.45) is 3.19.